The first-order valence-electron chi connectivity index (χ1n) is 5.13. The van der Waals surface area contributed by atoms with E-state index in [0.717, 1.165) is 12.8 Å². The fraction of sp³-hybridized carbons (Fsp3) is 0.417. The summed E-state index contributed by atoms with van der Waals surface area (Å²) in [6.45, 7) is 0. The molecule has 3 heteroatoms. The monoisotopic (exact) mass is 226 g/mol. The zero-order valence-electron chi connectivity index (χ0n) is 8.30. The SMILES string of the molecule is O=C1CCC(c2cc(Cl)ccc2F)CC1. The Morgan fingerprint density at radius 1 is 1.27 bits per heavy atom. The molecule has 1 aromatic rings. The van der Waals surface area contributed by atoms with E-state index >= 15 is 0 Å². The summed E-state index contributed by atoms with van der Waals surface area (Å²) in [5.41, 5.74) is 0.662. The van der Waals surface area contributed by atoms with Crippen molar-refractivity contribution in [2.45, 2.75) is 31.6 Å². The van der Waals surface area contributed by atoms with E-state index in [4.69, 9.17) is 11.6 Å². The summed E-state index contributed by atoms with van der Waals surface area (Å²) in [5.74, 6) is 0.230. The number of halogens is 2. The van der Waals surface area contributed by atoms with E-state index in [1.54, 1.807) is 12.1 Å². The van der Waals surface area contributed by atoms with Crippen LogP contribution in [0.15, 0.2) is 18.2 Å². The van der Waals surface area contributed by atoms with Gasteiger partial charge >= 0.3 is 0 Å². The number of benzene rings is 1. The second-order valence-electron chi connectivity index (χ2n) is 3.98. The summed E-state index contributed by atoms with van der Waals surface area (Å²) in [4.78, 5) is 11.1. The van der Waals surface area contributed by atoms with Crippen LogP contribution in [0.4, 0.5) is 4.39 Å². The summed E-state index contributed by atoms with van der Waals surface area (Å²) in [5, 5.41) is 0.559. The van der Waals surface area contributed by atoms with E-state index in [1.165, 1.54) is 6.07 Å². The van der Waals surface area contributed by atoms with Crippen molar-refractivity contribution >= 4 is 17.4 Å². The van der Waals surface area contributed by atoms with Crippen LogP contribution in [0.25, 0.3) is 0 Å². The van der Waals surface area contributed by atoms with Crippen molar-refractivity contribution in [3.63, 3.8) is 0 Å². The lowest BCUT2D eigenvalue weighted by atomic mass is 9.83. The van der Waals surface area contributed by atoms with Gasteiger partial charge in [0.15, 0.2) is 0 Å². The number of hydrogen-bond donors (Lipinski definition) is 0. The Labute approximate surface area is 93.2 Å². The molecule has 0 spiro atoms. The highest BCUT2D eigenvalue weighted by atomic mass is 35.5. The largest absolute Gasteiger partial charge is 0.300 e. The number of rotatable bonds is 1. The van der Waals surface area contributed by atoms with Gasteiger partial charge in [-0.25, -0.2) is 4.39 Å². The van der Waals surface area contributed by atoms with Crippen LogP contribution in [-0.4, -0.2) is 5.78 Å². The molecule has 0 N–H and O–H groups in total. The maximum Gasteiger partial charge on any atom is 0.132 e. The van der Waals surface area contributed by atoms with Crippen LogP contribution < -0.4 is 0 Å². The molecule has 1 saturated carbocycles. The predicted octanol–water partition coefficient (Wildman–Crippen LogP) is 3.71. The van der Waals surface area contributed by atoms with E-state index in [0.29, 0.717) is 23.4 Å². The number of hydrogen-bond acceptors (Lipinski definition) is 1. The second kappa shape index (κ2) is 4.31. The van der Waals surface area contributed by atoms with Crippen LogP contribution in [-0.2, 0) is 4.79 Å². The molecule has 1 aromatic carbocycles. The van der Waals surface area contributed by atoms with Gasteiger partial charge in [0.25, 0.3) is 0 Å². The van der Waals surface area contributed by atoms with Crippen molar-refractivity contribution < 1.29 is 9.18 Å². The van der Waals surface area contributed by atoms with Crippen molar-refractivity contribution in [3.05, 3.63) is 34.6 Å². The molecule has 80 valence electrons. The third-order valence-electron chi connectivity index (χ3n) is 2.94. The standard InChI is InChI=1S/C12H12ClFO/c13-9-3-6-12(14)11(7-9)8-1-4-10(15)5-2-8/h3,6-8H,1-2,4-5H2. The molecule has 0 aliphatic heterocycles. The Hall–Kier alpha value is -0.890. The van der Waals surface area contributed by atoms with Gasteiger partial charge in [0.05, 0.1) is 0 Å². The van der Waals surface area contributed by atoms with Crippen LogP contribution in [0.2, 0.25) is 5.02 Å². The summed E-state index contributed by atoms with van der Waals surface area (Å²) in [7, 11) is 0. The molecular formula is C12H12ClFO. The maximum atomic E-state index is 13.5. The van der Waals surface area contributed by atoms with Crippen LogP contribution in [0.3, 0.4) is 0 Å². The van der Waals surface area contributed by atoms with Crippen molar-refractivity contribution in [3.8, 4) is 0 Å². The van der Waals surface area contributed by atoms with E-state index < -0.39 is 0 Å². The summed E-state index contributed by atoms with van der Waals surface area (Å²) in [6.07, 6.45) is 2.62. The Kier molecular flexibility index (Phi) is 3.06. The number of carbonyl (C=O) groups is 1. The highest BCUT2D eigenvalue weighted by Gasteiger charge is 2.22. The Morgan fingerprint density at radius 3 is 2.60 bits per heavy atom. The lowest BCUT2D eigenvalue weighted by Gasteiger charge is -2.21. The average molecular weight is 227 g/mol. The highest BCUT2D eigenvalue weighted by molar-refractivity contribution is 6.30. The van der Waals surface area contributed by atoms with Crippen LogP contribution in [0, 0.1) is 5.82 Å². The quantitative estimate of drug-likeness (QED) is 0.714. The lowest BCUT2D eigenvalue weighted by Crippen LogP contribution is -2.13. The molecule has 1 aliphatic rings. The number of carbonyl (C=O) groups excluding carboxylic acids is 1. The molecule has 0 radical (unpaired) electrons. The van der Waals surface area contributed by atoms with E-state index in [1.807, 2.05) is 0 Å². The molecule has 0 bridgehead atoms. The molecule has 0 atom stereocenters. The highest BCUT2D eigenvalue weighted by Crippen LogP contribution is 2.33. The molecule has 1 fully saturated rings. The first kappa shape index (κ1) is 10.6. The van der Waals surface area contributed by atoms with Gasteiger partial charge in [-0.15, -0.1) is 0 Å². The minimum atomic E-state index is -0.209. The molecule has 0 heterocycles. The third kappa shape index (κ3) is 2.37. The van der Waals surface area contributed by atoms with E-state index in [-0.39, 0.29) is 17.5 Å². The maximum absolute atomic E-state index is 13.5. The van der Waals surface area contributed by atoms with Gasteiger partial charge < -0.3 is 0 Å². The van der Waals surface area contributed by atoms with Gasteiger partial charge in [0, 0.05) is 17.9 Å². The van der Waals surface area contributed by atoms with Gasteiger partial charge in [-0.2, -0.15) is 0 Å². The molecule has 1 nitrogen and oxygen atoms in total. The van der Waals surface area contributed by atoms with Crippen LogP contribution in [0.5, 0.6) is 0 Å². The fourth-order valence-corrected chi connectivity index (χ4v) is 2.26. The van der Waals surface area contributed by atoms with Gasteiger partial charge in [0.2, 0.25) is 0 Å². The molecule has 15 heavy (non-hydrogen) atoms. The van der Waals surface area contributed by atoms with Crippen LogP contribution >= 0.6 is 11.6 Å². The predicted molar refractivity (Wildman–Crippen MR) is 57.6 cm³/mol. The van der Waals surface area contributed by atoms with Crippen molar-refractivity contribution in [1.29, 1.82) is 0 Å². The minimum Gasteiger partial charge on any atom is -0.300 e. The number of ketones is 1. The summed E-state index contributed by atoms with van der Waals surface area (Å²) < 4.78 is 13.5. The first-order chi connectivity index (χ1) is 7.16. The molecule has 2 rings (SSSR count). The molecule has 0 saturated heterocycles. The van der Waals surface area contributed by atoms with Crippen LogP contribution in [0.1, 0.15) is 37.2 Å². The fourth-order valence-electron chi connectivity index (χ4n) is 2.08. The summed E-state index contributed by atoms with van der Waals surface area (Å²) in [6, 6.07) is 4.62. The molecule has 0 unspecified atom stereocenters. The van der Waals surface area contributed by atoms with Gasteiger partial charge in [-0.05, 0) is 42.5 Å². The molecule has 0 aromatic heterocycles. The average Bonchev–Trinajstić information content (AvgIpc) is 2.23. The van der Waals surface area contributed by atoms with Gasteiger partial charge in [-0.1, -0.05) is 11.6 Å². The molecule has 0 amide bonds. The minimum absolute atomic E-state index is 0.154. The first-order valence-corrected chi connectivity index (χ1v) is 5.51. The van der Waals surface area contributed by atoms with Crippen molar-refractivity contribution in [2.24, 2.45) is 0 Å². The van der Waals surface area contributed by atoms with Gasteiger partial charge in [0.1, 0.15) is 11.6 Å². The lowest BCUT2D eigenvalue weighted by molar-refractivity contribution is -0.120. The Morgan fingerprint density at radius 2 is 1.93 bits per heavy atom. The Balaban J connectivity index is 2.21. The van der Waals surface area contributed by atoms with E-state index in [9.17, 15) is 9.18 Å². The third-order valence-corrected chi connectivity index (χ3v) is 3.18. The number of Topliss-reactive ketones (excluding diaryl/α,β-unsaturated/α-hetero) is 1. The summed E-state index contributed by atoms with van der Waals surface area (Å²) >= 11 is 5.83. The molecule has 1 aliphatic carbocycles. The zero-order valence-corrected chi connectivity index (χ0v) is 9.06. The smallest absolute Gasteiger partial charge is 0.132 e. The van der Waals surface area contributed by atoms with Crippen molar-refractivity contribution in [2.75, 3.05) is 0 Å². The van der Waals surface area contributed by atoms with Crippen molar-refractivity contribution in [1.82, 2.24) is 0 Å². The van der Waals surface area contributed by atoms with E-state index in [2.05, 4.69) is 0 Å². The normalized spacial score (nSPS) is 18.1. The zero-order chi connectivity index (χ0) is 10.8. The molecular weight excluding hydrogens is 215 g/mol. The topological polar surface area (TPSA) is 17.1 Å². The van der Waals surface area contributed by atoms with Gasteiger partial charge in [-0.3, -0.25) is 4.79 Å². The second-order valence-corrected chi connectivity index (χ2v) is 4.42. The Bertz CT molecular complexity index is 379.